The molecule has 1 heterocycles. The number of ether oxygens (including phenoxy) is 1. The lowest BCUT2D eigenvalue weighted by Gasteiger charge is -2.20. The molecule has 2 aromatic rings. The van der Waals surface area contributed by atoms with E-state index in [1.807, 2.05) is 35.2 Å². The maximum absolute atomic E-state index is 12.6. The zero-order valence-corrected chi connectivity index (χ0v) is 13.7. The summed E-state index contributed by atoms with van der Waals surface area (Å²) in [6, 6.07) is 16.2. The fourth-order valence-electron chi connectivity index (χ4n) is 3.11. The summed E-state index contributed by atoms with van der Waals surface area (Å²) < 4.78 is 5.17. The van der Waals surface area contributed by atoms with E-state index >= 15 is 0 Å². The van der Waals surface area contributed by atoms with Crippen LogP contribution in [-0.2, 0) is 17.8 Å². The highest BCUT2D eigenvalue weighted by Crippen LogP contribution is 2.27. The van der Waals surface area contributed by atoms with Gasteiger partial charge in [-0.2, -0.15) is 0 Å². The molecule has 0 spiro atoms. The van der Waals surface area contributed by atoms with Crippen molar-refractivity contribution in [1.82, 2.24) is 0 Å². The van der Waals surface area contributed by atoms with Crippen LogP contribution in [0.1, 0.15) is 11.1 Å². The van der Waals surface area contributed by atoms with Gasteiger partial charge in [-0.25, -0.2) is 0 Å². The van der Waals surface area contributed by atoms with Crippen molar-refractivity contribution in [2.75, 3.05) is 32.1 Å². The van der Waals surface area contributed by atoms with Gasteiger partial charge in [0.1, 0.15) is 12.3 Å². The highest BCUT2D eigenvalue weighted by molar-refractivity contribution is 5.96. The van der Waals surface area contributed by atoms with E-state index in [-0.39, 0.29) is 5.91 Å². The molecule has 0 aliphatic carbocycles. The first-order valence-electron chi connectivity index (χ1n) is 8.00. The molecule has 120 valence electrons. The fourth-order valence-corrected chi connectivity index (χ4v) is 3.11. The number of hydrogen-bond donors (Lipinski definition) is 1. The predicted octanol–water partition coefficient (Wildman–Crippen LogP) is 1.30. The number of nitrogens with zero attached hydrogens (tertiary/aromatic N) is 1. The van der Waals surface area contributed by atoms with Crippen LogP contribution in [0.5, 0.6) is 5.75 Å². The van der Waals surface area contributed by atoms with Crippen LogP contribution in [0.25, 0.3) is 0 Å². The Labute approximate surface area is 137 Å². The summed E-state index contributed by atoms with van der Waals surface area (Å²) in [5.41, 5.74) is 3.56. The van der Waals surface area contributed by atoms with Crippen molar-refractivity contribution in [3.8, 4) is 5.75 Å². The van der Waals surface area contributed by atoms with Crippen LogP contribution in [-0.4, -0.2) is 33.2 Å². The fraction of sp³-hybridized carbons (Fsp3) is 0.316. The molecule has 4 heteroatoms. The maximum Gasteiger partial charge on any atom is 0.282 e. The molecule has 1 aliphatic heterocycles. The Morgan fingerprint density at radius 1 is 1.17 bits per heavy atom. The normalized spacial score (nSPS) is 14.4. The molecule has 0 bridgehead atoms. The monoisotopic (exact) mass is 311 g/mol. The van der Waals surface area contributed by atoms with Crippen LogP contribution in [0.2, 0.25) is 0 Å². The summed E-state index contributed by atoms with van der Waals surface area (Å²) >= 11 is 0. The van der Waals surface area contributed by atoms with E-state index < -0.39 is 0 Å². The molecule has 1 unspecified atom stereocenters. The number of para-hydroxylation sites is 1. The minimum atomic E-state index is 0.195. The second-order valence-electron chi connectivity index (χ2n) is 6.08. The summed E-state index contributed by atoms with van der Waals surface area (Å²) in [6.07, 6.45) is 0.958. The van der Waals surface area contributed by atoms with Crippen LogP contribution < -0.4 is 14.5 Å². The molecule has 3 rings (SSSR count). The van der Waals surface area contributed by atoms with E-state index in [9.17, 15) is 4.79 Å². The second-order valence-corrected chi connectivity index (χ2v) is 6.08. The number of hydrogen-bond acceptors (Lipinski definition) is 2. The third-order valence-corrected chi connectivity index (χ3v) is 4.31. The number of amides is 1. The number of rotatable bonds is 5. The predicted molar refractivity (Wildman–Crippen MR) is 91.0 cm³/mol. The van der Waals surface area contributed by atoms with E-state index in [1.165, 1.54) is 16.0 Å². The molecule has 0 aromatic heterocycles. The average molecular weight is 311 g/mol. The molecular weight excluding hydrogens is 288 g/mol. The van der Waals surface area contributed by atoms with Gasteiger partial charge in [-0.15, -0.1) is 0 Å². The van der Waals surface area contributed by atoms with Crippen molar-refractivity contribution < 1.29 is 14.4 Å². The van der Waals surface area contributed by atoms with Gasteiger partial charge in [-0.3, -0.25) is 4.79 Å². The van der Waals surface area contributed by atoms with Crippen LogP contribution >= 0.6 is 0 Å². The molecular formula is C19H23N2O2+. The Morgan fingerprint density at radius 3 is 2.65 bits per heavy atom. The van der Waals surface area contributed by atoms with E-state index in [2.05, 4.69) is 25.2 Å². The van der Waals surface area contributed by atoms with E-state index in [0.717, 1.165) is 30.9 Å². The number of carbonyl (C=O) groups is 1. The number of benzene rings is 2. The first-order valence-corrected chi connectivity index (χ1v) is 8.00. The van der Waals surface area contributed by atoms with Crippen molar-refractivity contribution in [3.63, 3.8) is 0 Å². The van der Waals surface area contributed by atoms with Crippen molar-refractivity contribution in [3.05, 3.63) is 59.7 Å². The number of quaternary nitrogens is 1. The van der Waals surface area contributed by atoms with Crippen molar-refractivity contribution in [2.45, 2.75) is 13.0 Å². The Balaban J connectivity index is 1.59. The highest BCUT2D eigenvalue weighted by atomic mass is 16.5. The lowest BCUT2D eigenvalue weighted by atomic mass is 10.2. The minimum Gasteiger partial charge on any atom is -0.497 e. The van der Waals surface area contributed by atoms with E-state index in [4.69, 9.17) is 4.74 Å². The number of likely N-dealkylation sites (N-methyl/N-ethyl adjacent to an activating group) is 1. The van der Waals surface area contributed by atoms with Gasteiger partial charge in [0, 0.05) is 17.8 Å². The van der Waals surface area contributed by atoms with Crippen LogP contribution in [0.15, 0.2) is 48.5 Å². The molecule has 0 saturated carbocycles. The molecule has 4 nitrogen and oxygen atoms in total. The number of methoxy groups -OCH3 is 1. The van der Waals surface area contributed by atoms with E-state index in [1.54, 1.807) is 7.11 Å². The van der Waals surface area contributed by atoms with Crippen LogP contribution in [0, 0.1) is 0 Å². The Morgan fingerprint density at radius 2 is 1.91 bits per heavy atom. The minimum absolute atomic E-state index is 0.195. The van der Waals surface area contributed by atoms with Gasteiger partial charge < -0.3 is 14.5 Å². The summed E-state index contributed by atoms with van der Waals surface area (Å²) in [5, 5.41) is 0. The molecule has 1 atom stereocenters. The Kier molecular flexibility index (Phi) is 4.63. The molecule has 2 aromatic carbocycles. The summed E-state index contributed by atoms with van der Waals surface area (Å²) in [6.45, 7) is 2.12. The SMILES string of the molecule is COc1ccc(C[NH+](C)CC(=O)N2CCc3ccccc32)cc1. The van der Waals surface area contributed by atoms with Gasteiger partial charge in [0.05, 0.1) is 14.2 Å². The number of nitrogens with one attached hydrogen (secondary N) is 1. The number of fused-ring (bicyclic) bond motifs is 1. The van der Waals surface area contributed by atoms with E-state index in [0.29, 0.717) is 6.54 Å². The third kappa shape index (κ3) is 3.54. The van der Waals surface area contributed by atoms with Crippen molar-refractivity contribution in [1.29, 1.82) is 0 Å². The Hall–Kier alpha value is -2.33. The van der Waals surface area contributed by atoms with Gasteiger partial charge in [0.15, 0.2) is 6.54 Å². The first-order chi connectivity index (χ1) is 11.2. The summed E-state index contributed by atoms with van der Waals surface area (Å²) in [7, 11) is 3.73. The molecule has 0 fully saturated rings. The highest BCUT2D eigenvalue weighted by Gasteiger charge is 2.26. The topological polar surface area (TPSA) is 34.0 Å². The second kappa shape index (κ2) is 6.84. The van der Waals surface area contributed by atoms with Gasteiger partial charge in [0.2, 0.25) is 0 Å². The standard InChI is InChI=1S/C19H22N2O2/c1-20(13-15-7-9-17(23-2)10-8-15)14-19(22)21-12-11-16-5-3-4-6-18(16)21/h3-10H,11-14H2,1-2H3/p+1. The van der Waals surface area contributed by atoms with Crippen LogP contribution in [0.3, 0.4) is 0 Å². The third-order valence-electron chi connectivity index (χ3n) is 4.31. The lowest BCUT2D eigenvalue weighted by molar-refractivity contribution is -0.885. The molecule has 23 heavy (non-hydrogen) atoms. The molecule has 1 amide bonds. The van der Waals surface area contributed by atoms with Crippen LogP contribution in [0.4, 0.5) is 5.69 Å². The molecule has 0 saturated heterocycles. The molecule has 1 N–H and O–H groups in total. The number of carbonyl (C=O) groups excluding carboxylic acids is 1. The summed E-state index contributed by atoms with van der Waals surface area (Å²) in [4.78, 5) is 15.7. The summed E-state index contributed by atoms with van der Waals surface area (Å²) in [5.74, 6) is 1.05. The lowest BCUT2D eigenvalue weighted by Crippen LogP contribution is -3.08. The number of anilines is 1. The average Bonchev–Trinajstić information content (AvgIpc) is 2.99. The van der Waals surface area contributed by atoms with Crippen molar-refractivity contribution in [2.24, 2.45) is 0 Å². The zero-order valence-electron chi connectivity index (χ0n) is 13.7. The van der Waals surface area contributed by atoms with Gasteiger partial charge in [-0.05, 0) is 42.3 Å². The van der Waals surface area contributed by atoms with Crippen molar-refractivity contribution >= 4 is 11.6 Å². The van der Waals surface area contributed by atoms with Gasteiger partial charge in [0.25, 0.3) is 5.91 Å². The zero-order chi connectivity index (χ0) is 16.2. The quantitative estimate of drug-likeness (QED) is 0.903. The van der Waals surface area contributed by atoms with Gasteiger partial charge >= 0.3 is 0 Å². The maximum atomic E-state index is 12.6. The largest absolute Gasteiger partial charge is 0.497 e. The Bertz CT molecular complexity index is 682. The molecule has 1 aliphatic rings. The molecule has 0 radical (unpaired) electrons. The first kappa shape index (κ1) is 15.6. The smallest absolute Gasteiger partial charge is 0.282 e. The van der Waals surface area contributed by atoms with Gasteiger partial charge in [-0.1, -0.05) is 18.2 Å².